The van der Waals surface area contributed by atoms with Crippen molar-refractivity contribution in [2.75, 3.05) is 0 Å². The number of amides is 1. The average molecular weight is 289 g/mol. The molecule has 4 rings (SSSR count). The van der Waals surface area contributed by atoms with E-state index in [9.17, 15) is 14.3 Å². The van der Waals surface area contributed by atoms with E-state index in [2.05, 4.69) is 0 Å². The fraction of sp³-hybridized carbons (Fsp3) is 0.588. The van der Waals surface area contributed by atoms with E-state index >= 15 is 0 Å². The Morgan fingerprint density at radius 3 is 2.67 bits per heavy atom. The van der Waals surface area contributed by atoms with Gasteiger partial charge in [-0.05, 0) is 48.8 Å². The number of piperidine rings is 1. The van der Waals surface area contributed by atoms with Crippen LogP contribution < -0.4 is 0 Å². The molecule has 3 aliphatic rings. The first kappa shape index (κ1) is 13.3. The zero-order valence-electron chi connectivity index (χ0n) is 11.9. The monoisotopic (exact) mass is 289 g/mol. The fourth-order valence-corrected chi connectivity index (χ4v) is 4.89. The van der Waals surface area contributed by atoms with Gasteiger partial charge in [0.15, 0.2) is 0 Å². The van der Waals surface area contributed by atoms with Crippen molar-refractivity contribution >= 4 is 5.91 Å². The molecule has 2 saturated carbocycles. The van der Waals surface area contributed by atoms with Crippen molar-refractivity contribution in [1.82, 2.24) is 4.90 Å². The molecular formula is C17H20FNO2. The summed E-state index contributed by atoms with van der Waals surface area (Å²) < 4.78 is 13.0. The van der Waals surface area contributed by atoms with Crippen LogP contribution in [-0.4, -0.2) is 28.1 Å². The average Bonchev–Trinajstić information content (AvgIpc) is 3.06. The van der Waals surface area contributed by atoms with Crippen molar-refractivity contribution in [2.45, 2.75) is 44.4 Å². The standard InChI is InChI=1S/C17H20FNO2/c18-13-5-1-10(2-6-13)9-19-15(21)8-14(20)16-11-3-4-12(7-11)17(16)19/h1-2,5-6,11-12,14,16-17,20H,3-4,7-9H2/t11-,12+,14?,16-,17-/m1/s1. The summed E-state index contributed by atoms with van der Waals surface area (Å²) in [5, 5.41) is 10.3. The molecule has 4 heteroatoms. The van der Waals surface area contributed by atoms with Crippen molar-refractivity contribution in [3.05, 3.63) is 35.6 Å². The number of hydrogen-bond donors (Lipinski definition) is 1. The maximum Gasteiger partial charge on any atom is 0.225 e. The van der Waals surface area contributed by atoms with E-state index in [1.807, 2.05) is 4.90 Å². The smallest absolute Gasteiger partial charge is 0.225 e. The maximum atomic E-state index is 13.0. The molecule has 0 radical (unpaired) electrons. The molecule has 1 aromatic rings. The second-order valence-electron chi connectivity index (χ2n) is 6.82. The summed E-state index contributed by atoms with van der Waals surface area (Å²) in [6.45, 7) is 0.538. The molecule has 1 amide bonds. The lowest BCUT2D eigenvalue weighted by Crippen LogP contribution is -2.56. The van der Waals surface area contributed by atoms with Crippen LogP contribution in [0, 0.1) is 23.6 Å². The first-order chi connectivity index (χ1) is 10.1. The number of carbonyl (C=O) groups is 1. The number of likely N-dealkylation sites (tertiary alicyclic amines) is 1. The molecule has 1 aromatic carbocycles. The molecule has 21 heavy (non-hydrogen) atoms. The molecule has 3 fully saturated rings. The highest BCUT2D eigenvalue weighted by molar-refractivity contribution is 5.78. The van der Waals surface area contributed by atoms with Gasteiger partial charge >= 0.3 is 0 Å². The third-order valence-electron chi connectivity index (χ3n) is 5.71. The molecule has 0 spiro atoms. The van der Waals surface area contributed by atoms with Gasteiger partial charge in [0.25, 0.3) is 0 Å². The second-order valence-corrected chi connectivity index (χ2v) is 6.82. The summed E-state index contributed by atoms with van der Waals surface area (Å²) in [6.07, 6.45) is 3.29. The highest BCUT2D eigenvalue weighted by Crippen LogP contribution is 2.54. The van der Waals surface area contributed by atoms with Crippen LogP contribution in [0.25, 0.3) is 0 Å². The fourth-order valence-electron chi connectivity index (χ4n) is 4.89. The number of halogens is 1. The second kappa shape index (κ2) is 4.80. The Morgan fingerprint density at radius 2 is 1.90 bits per heavy atom. The van der Waals surface area contributed by atoms with Gasteiger partial charge in [-0.1, -0.05) is 12.1 Å². The van der Waals surface area contributed by atoms with Crippen molar-refractivity contribution in [2.24, 2.45) is 17.8 Å². The number of aliphatic hydroxyl groups excluding tert-OH is 1. The number of hydrogen-bond acceptors (Lipinski definition) is 2. The summed E-state index contributed by atoms with van der Waals surface area (Å²) in [5.74, 6) is 1.16. The molecule has 1 saturated heterocycles. The van der Waals surface area contributed by atoms with Crippen molar-refractivity contribution in [3.63, 3.8) is 0 Å². The van der Waals surface area contributed by atoms with Crippen LogP contribution in [-0.2, 0) is 11.3 Å². The Labute approximate surface area is 123 Å². The van der Waals surface area contributed by atoms with E-state index in [4.69, 9.17) is 0 Å². The third-order valence-corrected chi connectivity index (χ3v) is 5.71. The number of rotatable bonds is 2. The summed E-state index contributed by atoms with van der Waals surface area (Å²) in [6, 6.07) is 6.56. The van der Waals surface area contributed by atoms with Crippen molar-refractivity contribution in [1.29, 1.82) is 0 Å². The number of benzene rings is 1. The lowest BCUT2D eigenvalue weighted by atomic mass is 9.76. The Morgan fingerprint density at radius 1 is 1.19 bits per heavy atom. The summed E-state index contributed by atoms with van der Waals surface area (Å²) >= 11 is 0. The Kier molecular flexibility index (Phi) is 3.03. The molecule has 1 aliphatic heterocycles. The van der Waals surface area contributed by atoms with Crippen LogP contribution in [0.15, 0.2) is 24.3 Å². The zero-order valence-corrected chi connectivity index (χ0v) is 11.9. The van der Waals surface area contributed by atoms with Gasteiger partial charge in [0.2, 0.25) is 5.91 Å². The Hall–Kier alpha value is -1.42. The van der Waals surface area contributed by atoms with Gasteiger partial charge in [-0.2, -0.15) is 0 Å². The highest BCUT2D eigenvalue weighted by atomic mass is 19.1. The van der Waals surface area contributed by atoms with Gasteiger partial charge in [0.05, 0.1) is 12.5 Å². The lowest BCUT2D eigenvalue weighted by Gasteiger charge is -2.46. The van der Waals surface area contributed by atoms with E-state index < -0.39 is 6.10 Å². The summed E-state index contributed by atoms with van der Waals surface area (Å²) in [4.78, 5) is 14.3. The summed E-state index contributed by atoms with van der Waals surface area (Å²) in [5.41, 5.74) is 0.961. The molecule has 1 heterocycles. The van der Waals surface area contributed by atoms with Crippen LogP contribution >= 0.6 is 0 Å². The van der Waals surface area contributed by atoms with Gasteiger partial charge in [0.1, 0.15) is 5.82 Å². The van der Waals surface area contributed by atoms with Crippen LogP contribution in [0.3, 0.4) is 0 Å². The van der Waals surface area contributed by atoms with Gasteiger partial charge < -0.3 is 10.0 Å². The minimum absolute atomic E-state index is 0.0422. The van der Waals surface area contributed by atoms with Crippen molar-refractivity contribution in [3.8, 4) is 0 Å². The largest absolute Gasteiger partial charge is 0.392 e. The van der Waals surface area contributed by atoms with E-state index in [1.165, 1.54) is 25.0 Å². The molecule has 5 atom stereocenters. The minimum Gasteiger partial charge on any atom is -0.392 e. The van der Waals surface area contributed by atoms with Crippen molar-refractivity contribution < 1.29 is 14.3 Å². The van der Waals surface area contributed by atoms with Crippen LogP contribution in [0.5, 0.6) is 0 Å². The van der Waals surface area contributed by atoms with Gasteiger partial charge in [-0.3, -0.25) is 4.79 Å². The van der Waals surface area contributed by atoms with Gasteiger partial charge in [0, 0.05) is 18.5 Å². The van der Waals surface area contributed by atoms with E-state index in [0.29, 0.717) is 18.4 Å². The SMILES string of the molecule is O=C1CC(O)[C@H]2[C@@H]3CC[C@@H](C3)[C@H]2N1Cc1ccc(F)cc1. The molecule has 1 unspecified atom stereocenters. The quantitative estimate of drug-likeness (QED) is 0.908. The topological polar surface area (TPSA) is 40.5 Å². The predicted molar refractivity (Wildman–Crippen MR) is 75.7 cm³/mol. The lowest BCUT2D eigenvalue weighted by molar-refractivity contribution is -0.149. The van der Waals surface area contributed by atoms with Crippen LogP contribution in [0.4, 0.5) is 4.39 Å². The first-order valence-corrected chi connectivity index (χ1v) is 7.85. The normalized spacial score (nSPS) is 37.9. The highest BCUT2D eigenvalue weighted by Gasteiger charge is 2.56. The van der Waals surface area contributed by atoms with Crippen LogP contribution in [0.2, 0.25) is 0 Å². The molecule has 3 nitrogen and oxygen atoms in total. The van der Waals surface area contributed by atoms with E-state index in [0.717, 1.165) is 12.0 Å². The molecular weight excluding hydrogens is 269 g/mol. The number of fused-ring (bicyclic) bond motifs is 5. The minimum atomic E-state index is -0.470. The molecule has 1 N–H and O–H groups in total. The zero-order chi connectivity index (χ0) is 14.6. The molecule has 2 bridgehead atoms. The molecule has 112 valence electrons. The maximum absolute atomic E-state index is 13.0. The Bertz CT molecular complexity index is 558. The number of nitrogens with zero attached hydrogens (tertiary/aromatic N) is 1. The molecule has 0 aromatic heterocycles. The summed E-state index contributed by atoms with van der Waals surface area (Å²) in [7, 11) is 0. The third kappa shape index (κ3) is 2.08. The van der Waals surface area contributed by atoms with Crippen LogP contribution in [0.1, 0.15) is 31.2 Å². The first-order valence-electron chi connectivity index (χ1n) is 7.85. The van der Waals surface area contributed by atoms with E-state index in [1.54, 1.807) is 12.1 Å². The Balaban J connectivity index is 1.61. The van der Waals surface area contributed by atoms with Gasteiger partial charge in [-0.25, -0.2) is 4.39 Å². The van der Waals surface area contributed by atoms with E-state index in [-0.39, 0.29) is 30.1 Å². The number of carbonyl (C=O) groups excluding carboxylic acids is 1. The predicted octanol–water partition coefficient (Wildman–Crippen LogP) is 2.33. The molecule has 2 aliphatic carbocycles. The van der Waals surface area contributed by atoms with Gasteiger partial charge in [-0.15, -0.1) is 0 Å². The number of aliphatic hydroxyl groups is 1.